The molecular formula is C6H11FN. The van der Waals surface area contributed by atoms with E-state index in [0.717, 1.165) is 0 Å². The second-order valence-electron chi connectivity index (χ2n) is 1.84. The van der Waals surface area contributed by atoms with Gasteiger partial charge in [-0.25, -0.2) is 4.39 Å². The molecule has 0 heterocycles. The number of nitrogens with one attached hydrogen (secondary N) is 1. The van der Waals surface area contributed by atoms with Gasteiger partial charge >= 0.3 is 0 Å². The molecule has 0 saturated heterocycles. The number of rotatable bonds is 3. The summed E-state index contributed by atoms with van der Waals surface area (Å²) in [6.45, 7) is 4.90. The molecule has 0 bridgehead atoms. The first-order chi connectivity index (χ1) is 3.66. The van der Waals surface area contributed by atoms with Crippen molar-refractivity contribution in [2.24, 2.45) is 0 Å². The van der Waals surface area contributed by atoms with Crippen LogP contribution in [-0.2, 0) is 0 Å². The molecule has 2 heteroatoms. The molecule has 0 amide bonds. The van der Waals surface area contributed by atoms with Gasteiger partial charge in [0.1, 0.15) is 6.17 Å². The molecule has 0 saturated carbocycles. The third-order valence-electron chi connectivity index (χ3n) is 0.829. The van der Waals surface area contributed by atoms with Crippen LogP contribution in [0.25, 0.3) is 0 Å². The standard InChI is InChI=1S/C6H11FN/c1-3-6(8)4-5(2)7/h5,8H,1,3-4H2,2H3/t5-/m0/s1. The van der Waals surface area contributed by atoms with E-state index in [9.17, 15) is 4.39 Å². The second-order valence-corrected chi connectivity index (χ2v) is 1.84. The Bertz CT molecular complexity index is 78.6. The van der Waals surface area contributed by atoms with Crippen LogP contribution >= 0.6 is 0 Å². The van der Waals surface area contributed by atoms with Gasteiger partial charge in [-0.05, 0) is 20.3 Å². The maximum absolute atomic E-state index is 12.0. The molecule has 0 aromatic carbocycles. The molecule has 0 fully saturated rings. The molecule has 1 atom stereocenters. The molecule has 1 radical (unpaired) electrons. The minimum Gasteiger partial charge on any atom is -0.310 e. The van der Waals surface area contributed by atoms with Crippen molar-refractivity contribution >= 4 is 5.71 Å². The molecule has 0 rings (SSSR count). The van der Waals surface area contributed by atoms with Gasteiger partial charge in [0.2, 0.25) is 0 Å². The highest BCUT2D eigenvalue weighted by Crippen LogP contribution is 1.98. The van der Waals surface area contributed by atoms with Crippen molar-refractivity contribution in [3.8, 4) is 0 Å². The first kappa shape index (κ1) is 7.60. The minimum atomic E-state index is -0.885. The predicted octanol–water partition coefficient (Wildman–Crippen LogP) is 1.98. The molecule has 0 spiro atoms. The predicted molar refractivity (Wildman–Crippen MR) is 32.9 cm³/mol. The van der Waals surface area contributed by atoms with Gasteiger partial charge in [0, 0.05) is 12.1 Å². The van der Waals surface area contributed by atoms with Crippen LogP contribution in [0.5, 0.6) is 0 Å². The van der Waals surface area contributed by atoms with Crippen LogP contribution in [0.2, 0.25) is 0 Å². The van der Waals surface area contributed by atoms with Crippen LogP contribution in [0.4, 0.5) is 4.39 Å². The largest absolute Gasteiger partial charge is 0.310 e. The molecule has 8 heavy (non-hydrogen) atoms. The Morgan fingerprint density at radius 2 is 2.38 bits per heavy atom. The van der Waals surface area contributed by atoms with E-state index in [1.165, 1.54) is 6.92 Å². The van der Waals surface area contributed by atoms with Crippen molar-refractivity contribution < 1.29 is 4.39 Å². The second kappa shape index (κ2) is 3.58. The van der Waals surface area contributed by atoms with E-state index in [1.54, 1.807) is 0 Å². The van der Waals surface area contributed by atoms with Crippen molar-refractivity contribution in [2.75, 3.05) is 0 Å². The Morgan fingerprint density at radius 3 is 2.50 bits per heavy atom. The monoisotopic (exact) mass is 116 g/mol. The maximum atomic E-state index is 12.0. The molecule has 0 aliphatic rings. The summed E-state index contributed by atoms with van der Waals surface area (Å²) < 4.78 is 12.0. The van der Waals surface area contributed by atoms with Gasteiger partial charge in [0.15, 0.2) is 0 Å². The van der Waals surface area contributed by atoms with Gasteiger partial charge in [0.05, 0.1) is 0 Å². The van der Waals surface area contributed by atoms with E-state index < -0.39 is 6.17 Å². The van der Waals surface area contributed by atoms with E-state index in [4.69, 9.17) is 5.41 Å². The van der Waals surface area contributed by atoms with Crippen LogP contribution in [0, 0.1) is 12.3 Å². The third-order valence-corrected chi connectivity index (χ3v) is 0.829. The van der Waals surface area contributed by atoms with Gasteiger partial charge in [-0.1, -0.05) is 0 Å². The summed E-state index contributed by atoms with van der Waals surface area (Å²) in [5.74, 6) is 0. The fourth-order valence-electron chi connectivity index (χ4n) is 0.442. The summed E-state index contributed by atoms with van der Waals surface area (Å²) in [4.78, 5) is 0. The van der Waals surface area contributed by atoms with Crippen molar-refractivity contribution in [2.45, 2.75) is 25.9 Å². The minimum absolute atomic E-state index is 0.240. The molecule has 0 aromatic heterocycles. The van der Waals surface area contributed by atoms with Crippen LogP contribution in [-0.4, -0.2) is 11.9 Å². The highest BCUT2D eigenvalue weighted by molar-refractivity contribution is 5.82. The molecule has 0 aromatic rings. The lowest BCUT2D eigenvalue weighted by Gasteiger charge is -1.98. The summed E-state index contributed by atoms with van der Waals surface area (Å²) in [5.41, 5.74) is 0.389. The zero-order chi connectivity index (χ0) is 6.57. The van der Waals surface area contributed by atoms with E-state index in [0.29, 0.717) is 12.1 Å². The Morgan fingerprint density at radius 1 is 1.88 bits per heavy atom. The maximum Gasteiger partial charge on any atom is 0.102 e. The highest BCUT2D eigenvalue weighted by atomic mass is 19.1. The topological polar surface area (TPSA) is 23.9 Å². The quantitative estimate of drug-likeness (QED) is 0.545. The number of hydrogen-bond donors (Lipinski definition) is 1. The van der Waals surface area contributed by atoms with E-state index in [2.05, 4.69) is 6.92 Å². The third kappa shape index (κ3) is 3.78. The normalized spacial score (nSPS) is 13.4. The van der Waals surface area contributed by atoms with E-state index in [1.807, 2.05) is 0 Å². The molecule has 0 unspecified atom stereocenters. The van der Waals surface area contributed by atoms with Crippen molar-refractivity contribution in [1.29, 1.82) is 5.41 Å². The van der Waals surface area contributed by atoms with Gasteiger partial charge in [-0.2, -0.15) is 0 Å². The molecule has 1 N–H and O–H groups in total. The fourth-order valence-corrected chi connectivity index (χ4v) is 0.442. The van der Waals surface area contributed by atoms with E-state index >= 15 is 0 Å². The number of hydrogen-bond acceptors (Lipinski definition) is 1. The van der Waals surface area contributed by atoms with Crippen LogP contribution in [0.3, 0.4) is 0 Å². The molecule has 1 nitrogen and oxygen atoms in total. The van der Waals surface area contributed by atoms with Crippen molar-refractivity contribution in [1.82, 2.24) is 0 Å². The summed E-state index contributed by atoms with van der Waals surface area (Å²) in [6.07, 6.45) is -0.221. The van der Waals surface area contributed by atoms with Crippen LogP contribution in [0.1, 0.15) is 19.8 Å². The lowest BCUT2D eigenvalue weighted by atomic mass is 10.2. The average molecular weight is 116 g/mol. The summed E-state index contributed by atoms with van der Waals surface area (Å²) >= 11 is 0. The highest BCUT2D eigenvalue weighted by Gasteiger charge is 1.99. The zero-order valence-corrected chi connectivity index (χ0v) is 5.08. The Hall–Kier alpha value is -0.400. The lowest BCUT2D eigenvalue weighted by Crippen LogP contribution is -2.02. The molecule has 0 aliphatic heterocycles. The zero-order valence-electron chi connectivity index (χ0n) is 5.08. The van der Waals surface area contributed by atoms with Gasteiger partial charge in [-0.15, -0.1) is 0 Å². The Kier molecular flexibility index (Phi) is 3.40. The molecule has 0 aliphatic carbocycles. The summed E-state index contributed by atoms with van der Waals surface area (Å²) in [7, 11) is 0. The van der Waals surface area contributed by atoms with Gasteiger partial charge in [-0.3, -0.25) is 0 Å². The van der Waals surface area contributed by atoms with Crippen molar-refractivity contribution in [3.05, 3.63) is 6.92 Å². The smallest absolute Gasteiger partial charge is 0.102 e. The molecule has 47 valence electrons. The first-order valence-corrected chi connectivity index (χ1v) is 2.66. The Labute approximate surface area is 49.4 Å². The first-order valence-electron chi connectivity index (χ1n) is 2.66. The molecular weight excluding hydrogens is 105 g/mol. The Balaban J connectivity index is 3.25. The van der Waals surface area contributed by atoms with Crippen LogP contribution < -0.4 is 0 Å². The number of alkyl halides is 1. The van der Waals surface area contributed by atoms with Gasteiger partial charge in [0.25, 0.3) is 0 Å². The fraction of sp³-hybridized carbons (Fsp3) is 0.667. The average Bonchev–Trinajstić information content (AvgIpc) is 1.65. The SMILES string of the molecule is [CH2]CC(=N)C[C@H](C)F. The van der Waals surface area contributed by atoms with Gasteiger partial charge < -0.3 is 5.41 Å². The van der Waals surface area contributed by atoms with E-state index in [-0.39, 0.29) is 6.42 Å². The number of halogens is 1. The van der Waals surface area contributed by atoms with Crippen molar-refractivity contribution in [3.63, 3.8) is 0 Å². The van der Waals surface area contributed by atoms with Crippen LogP contribution in [0.15, 0.2) is 0 Å². The summed E-state index contributed by atoms with van der Waals surface area (Å²) in [6, 6.07) is 0. The lowest BCUT2D eigenvalue weighted by molar-refractivity contribution is 0.371. The summed E-state index contributed by atoms with van der Waals surface area (Å²) in [5, 5.41) is 6.97.